The van der Waals surface area contributed by atoms with E-state index in [1.54, 1.807) is 0 Å². The molecular weight excluding hydrogens is 294 g/mol. The molecule has 0 aliphatic heterocycles. The van der Waals surface area contributed by atoms with Crippen LogP contribution in [-0.4, -0.2) is 33.1 Å². The molecule has 5 nitrogen and oxygen atoms in total. The van der Waals surface area contributed by atoms with Crippen LogP contribution in [0, 0.1) is 0 Å². The lowest BCUT2D eigenvalue weighted by Crippen LogP contribution is -2.49. The summed E-state index contributed by atoms with van der Waals surface area (Å²) < 4.78 is 110. The standard InChI is InChI=1S/C3F6O5S2/c4-2(5,15(8,11)12)1(10)3(6,7)16(9,13)14. The van der Waals surface area contributed by atoms with Gasteiger partial charge in [0.2, 0.25) is 0 Å². The number of hydrogen-bond acceptors (Lipinski definition) is 5. The predicted octanol–water partition coefficient (Wildman–Crippen LogP) is 0.340. The second-order valence-corrected chi connectivity index (χ2v) is 5.02. The summed E-state index contributed by atoms with van der Waals surface area (Å²) in [4.78, 5) is 10.0. The topological polar surface area (TPSA) is 85.3 Å². The van der Waals surface area contributed by atoms with Crippen molar-refractivity contribution >= 4 is 26.2 Å². The molecule has 0 bridgehead atoms. The van der Waals surface area contributed by atoms with Gasteiger partial charge in [-0.3, -0.25) is 4.79 Å². The van der Waals surface area contributed by atoms with Gasteiger partial charge in [-0.2, -0.15) is 34.4 Å². The number of carbonyl (C=O) groups excluding carboxylic acids is 1. The molecule has 0 fully saturated rings. The van der Waals surface area contributed by atoms with Crippen LogP contribution in [0.15, 0.2) is 0 Å². The van der Waals surface area contributed by atoms with Crippen LogP contribution < -0.4 is 0 Å². The van der Waals surface area contributed by atoms with E-state index in [1.165, 1.54) is 0 Å². The Morgan fingerprint density at radius 2 is 0.938 bits per heavy atom. The molecule has 0 spiro atoms. The number of ketones is 1. The SMILES string of the molecule is O=C(C(F)(F)S(=O)(=O)F)C(F)(F)S(=O)(=O)F. The first-order valence-corrected chi connectivity index (χ1v) is 5.61. The molecule has 0 saturated heterocycles. The Hall–Kier alpha value is -0.850. The van der Waals surface area contributed by atoms with Crippen molar-refractivity contribution < 1.29 is 47.0 Å². The van der Waals surface area contributed by atoms with Gasteiger partial charge in [-0.05, 0) is 0 Å². The first kappa shape index (κ1) is 15.2. The van der Waals surface area contributed by atoms with Gasteiger partial charge in [0, 0.05) is 0 Å². The van der Waals surface area contributed by atoms with E-state index in [-0.39, 0.29) is 0 Å². The lowest BCUT2D eigenvalue weighted by molar-refractivity contribution is -0.149. The molecule has 0 unspecified atom stereocenters. The molecule has 0 amide bonds. The molecule has 13 heteroatoms. The Balaban J connectivity index is 5.77. The van der Waals surface area contributed by atoms with Gasteiger partial charge in [-0.1, -0.05) is 7.77 Å². The van der Waals surface area contributed by atoms with Crippen LogP contribution in [0.25, 0.3) is 0 Å². The Morgan fingerprint density at radius 3 is 1.06 bits per heavy atom. The predicted molar refractivity (Wildman–Crippen MR) is 35.0 cm³/mol. The average molecular weight is 294 g/mol. The molecule has 0 aromatic heterocycles. The van der Waals surface area contributed by atoms with Gasteiger partial charge in [0.25, 0.3) is 0 Å². The van der Waals surface area contributed by atoms with Gasteiger partial charge >= 0.3 is 36.7 Å². The van der Waals surface area contributed by atoms with E-state index in [2.05, 4.69) is 0 Å². The molecular formula is C3F6O5S2. The third-order valence-corrected chi connectivity index (χ3v) is 2.74. The molecule has 0 aromatic rings. The Bertz CT molecular complexity index is 456. The highest BCUT2D eigenvalue weighted by atomic mass is 32.3. The lowest BCUT2D eigenvalue weighted by Gasteiger charge is -2.15. The van der Waals surface area contributed by atoms with Crippen LogP contribution in [-0.2, 0) is 25.2 Å². The van der Waals surface area contributed by atoms with Crippen molar-refractivity contribution in [2.75, 3.05) is 0 Å². The van der Waals surface area contributed by atoms with E-state index in [1.807, 2.05) is 0 Å². The molecule has 0 radical (unpaired) electrons. The highest BCUT2D eigenvalue weighted by Gasteiger charge is 2.68. The lowest BCUT2D eigenvalue weighted by atomic mass is 10.4. The molecule has 0 aromatic carbocycles. The molecule has 0 N–H and O–H groups in total. The third-order valence-electron chi connectivity index (χ3n) is 1.14. The fourth-order valence-corrected chi connectivity index (χ4v) is 1.15. The molecule has 16 heavy (non-hydrogen) atoms. The number of halogens is 6. The Morgan fingerprint density at radius 1 is 0.750 bits per heavy atom. The maximum Gasteiger partial charge on any atom is 0.438 e. The average Bonchev–Trinajstić information content (AvgIpc) is 1.98. The van der Waals surface area contributed by atoms with Crippen LogP contribution in [0.5, 0.6) is 0 Å². The largest absolute Gasteiger partial charge is 0.438 e. The number of rotatable bonds is 4. The minimum Gasteiger partial charge on any atom is -0.283 e. The van der Waals surface area contributed by atoms with E-state index in [4.69, 9.17) is 0 Å². The first-order chi connectivity index (χ1) is 6.65. The molecule has 96 valence electrons. The van der Waals surface area contributed by atoms with Crippen molar-refractivity contribution in [2.24, 2.45) is 0 Å². The van der Waals surface area contributed by atoms with Crippen molar-refractivity contribution in [1.29, 1.82) is 0 Å². The van der Waals surface area contributed by atoms with Gasteiger partial charge in [0.1, 0.15) is 0 Å². The van der Waals surface area contributed by atoms with E-state index in [0.717, 1.165) is 0 Å². The Kier molecular flexibility index (Phi) is 3.39. The monoisotopic (exact) mass is 294 g/mol. The van der Waals surface area contributed by atoms with Crippen LogP contribution in [0.4, 0.5) is 25.3 Å². The fraction of sp³-hybridized carbons (Fsp3) is 0.667. The molecule has 0 heterocycles. The van der Waals surface area contributed by atoms with Crippen molar-refractivity contribution in [2.45, 2.75) is 10.5 Å². The highest BCUT2D eigenvalue weighted by molar-refractivity contribution is 7.90. The second-order valence-electron chi connectivity index (χ2n) is 2.24. The van der Waals surface area contributed by atoms with E-state index in [0.29, 0.717) is 0 Å². The van der Waals surface area contributed by atoms with Gasteiger partial charge in [-0.25, -0.2) is 0 Å². The van der Waals surface area contributed by atoms with Gasteiger partial charge < -0.3 is 0 Å². The fourth-order valence-electron chi connectivity index (χ4n) is 0.391. The highest BCUT2D eigenvalue weighted by Crippen LogP contribution is 2.35. The third kappa shape index (κ3) is 2.28. The second kappa shape index (κ2) is 3.58. The first-order valence-electron chi connectivity index (χ1n) is 2.84. The number of alkyl halides is 4. The van der Waals surface area contributed by atoms with Crippen molar-refractivity contribution in [1.82, 2.24) is 0 Å². The van der Waals surface area contributed by atoms with Gasteiger partial charge in [0.15, 0.2) is 0 Å². The summed E-state index contributed by atoms with van der Waals surface area (Å²) in [6.07, 6.45) is 0. The van der Waals surface area contributed by atoms with Crippen molar-refractivity contribution in [3.63, 3.8) is 0 Å². The van der Waals surface area contributed by atoms with E-state index < -0.39 is 36.7 Å². The molecule has 0 saturated carbocycles. The number of carbonyl (C=O) groups is 1. The van der Waals surface area contributed by atoms with Crippen LogP contribution in [0.1, 0.15) is 0 Å². The minimum atomic E-state index is -7.14. The maximum atomic E-state index is 12.1. The summed E-state index contributed by atoms with van der Waals surface area (Å²) in [6, 6.07) is 0. The normalized spacial score (nSPS) is 14.9. The molecule has 0 atom stereocenters. The van der Waals surface area contributed by atoms with Crippen molar-refractivity contribution in [3.8, 4) is 0 Å². The van der Waals surface area contributed by atoms with Crippen LogP contribution in [0.3, 0.4) is 0 Å². The summed E-state index contributed by atoms with van der Waals surface area (Å²) >= 11 is 0. The van der Waals surface area contributed by atoms with E-state index in [9.17, 15) is 47.0 Å². The molecule has 0 rings (SSSR count). The van der Waals surface area contributed by atoms with Crippen LogP contribution in [0.2, 0.25) is 0 Å². The summed E-state index contributed by atoms with van der Waals surface area (Å²) in [7, 11) is -14.3. The zero-order valence-electron chi connectivity index (χ0n) is 6.63. The van der Waals surface area contributed by atoms with Crippen LogP contribution >= 0.6 is 0 Å². The zero-order valence-corrected chi connectivity index (χ0v) is 8.26. The summed E-state index contributed by atoms with van der Waals surface area (Å²) in [5, 5.41) is -12.7. The smallest absolute Gasteiger partial charge is 0.283 e. The van der Waals surface area contributed by atoms with E-state index >= 15 is 0 Å². The molecule has 0 aliphatic carbocycles. The summed E-state index contributed by atoms with van der Waals surface area (Å²) in [5.74, 6) is -4.23. The summed E-state index contributed by atoms with van der Waals surface area (Å²) in [5.41, 5.74) is 0. The van der Waals surface area contributed by atoms with Crippen molar-refractivity contribution in [3.05, 3.63) is 0 Å². The molecule has 0 aliphatic rings. The quantitative estimate of drug-likeness (QED) is 0.551. The number of Topliss-reactive ketones (excluding diaryl/α,β-unsaturated/α-hetero) is 1. The zero-order chi connectivity index (χ0) is 13.6. The van der Waals surface area contributed by atoms with Gasteiger partial charge in [-0.15, -0.1) is 0 Å². The van der Waals surface area contributed by atoms with Gasteiger partial charge in [0.05, 0.1) is 0 Å². The minimum absolute atomic E-state index is 4.23. The maximum absolute atomic E-state index is 12.1. The summed E-state index contributed by atoms with van der Waals surface area (Å²) in [6.45, 7) is 0. The number of hydrogen-bond donors (Lipinski definition) is 0. The Labute approximate surface area is 84.5 Å².